The van der Waals surface area contributed by atoms with Crippen molar-refractivity contribution in [2.45, 2.75) is 25.4 Å². The maximum Gasteiger partial charge on any atom is 0.239 e. The molecule has 0 radical (unpaired) electrons. The van der Waals surface area contributed by atoms with E-state index in [1.807, 2.05) is 35.2 Å². The van der Waals surface area contributed by atoms with Crippen molar-refractivity contribution in [3.8, 4) is 0 Å². The van der Waals surface area contributed by atoms with E-state index in [1.165, 1.54) is 4.88 Å². The molecular formula is C19H25N3OS. The molecule has 2 aromatic rings. The number of amides is 1. The van der Waals surface area contributed by atoms with E-state index in [9.17, 15) is 4.79 Å². The first-order valence-corrected chi connectivity index (χ1v) is 9.43. The zero-order valence-corrected chi connectivity index (χ0v) is 14.8. The number of rotatable bonds is 5. The fourth-order valence-electron chi connectivity index (χ4n) is 3.16. The highest BCUT2D eigenvalue weighted by Gasteiger charge is 2.24. The zero-order valence-electron chi connectivity index (χ0n) is 13.9. The Morgan fingerprint density at radius 2 is 1.92 bits per heavy atom. The Morgan fingerprint density at radius 1 is 1.08 bits per heavy atom. The lowest BCUT2D eigenvalue weighted by molar-refractivity contribution is -0.132. The van der Waals surface area contributed by atoms with Crippen LogP contribution in [0.5, 0.6) is 0 Å². The zero-order chi connectivity index (χ0) is 16.8. The molecule has 1 aromatic heterocycles. The van der Waals surface area contributed by atoms with Crippen LogP contribution in [0, 0.1) is 0 Å². The molecule has 1 saturated heterocycles. The van der Waals surface area contributed by atoms with Gasteiger partial charge in [-0.2, -0.15) is 0 Å². The van der Waals surface area contributed by atoms with Crippen molar-refractivity contribution in [1.29, 1.82) is 0 Å². The summed E-state index contributed by atoms with van der Waals surface area (Å²) in [6, 6.07) is 13.8. The van der Waals surface area contributed by atoms with Crippen molar-refractivity contribution in [2.24, 2.45) is 5.73 Å². The molecule has 1 aromatic carbocycles. The molecule has 1 atom stereocenters. The first kappa shape index (κ1) is 17.1. The number of carbonyl (C=O) groups excluding carboxylic acids is 1. The Kier molecular flexibility index (Phi) is 6.01. The van der Waals surface area contributed by atoms with Crippen LogP contribution >= 0.6 is 11.3 Å². The van der Waals surface area contributed by atoms with Gasteiger partial charge in [-0.05, 0) is 29.9 Å². The van der Waals surface area contributed by atoms with E-state index >= 15 is 0 Å². The maximum atomic E-state index is 12.7. The van der Waals surface area contributed by atoms with Gasteiger partial charge in [0.15, 0.2) is 0 Å². The van der Waals surface area contributed by atoms with E-state index in [-0.39, 0.29) is 5.91 Å². The minimum absolute atomic E-state index is 0.0804. The topological polar surface area (TPSA) is 49.6 Å². The van der Waals surface area contributed by atoms with Crippen molar-refractivity contribution in [3.63, 3.8) is 0 Å². The quantitative estimate of drug-likeness (QED) is 0.907. The highest BCUT2D eigenvalue weighted by molar-refractivity contribution is 7.09. The van der Waals surface area contributed by atoms with Gasteiger partial charge >= 0.3 is 0 Å². The minimum atomic E-state index is -0.448. The minimum Gasteiger partial charge on any atom is -0.340 e. The predicted molar refractivity (Wildman–Crippen MR) is 98.9 cm³/mol. The van der Waals surface area contributed by atoms with Crippen molar-refractivity contribution < 1.29 is 4.79 Å². The summed E-state index contributed by atoms with van der Waals surface area (Å²) in [6.07, 6.45) is 1.62. The molecular weight excluding hydrogens is 318 g/mol. The van der Waals surface area contributed by atoms with Gasteiger partial charge in [-0.25, -0.2) is 0 Å². The Morgan fingerprint density at radius 3 is 2.67 bits per heavy atom. The van der Waals surface area contributed by atoms with Crippen LogP contribution in [-0.4, -0.2) is 47.9 Å². The number of nitrogens with two attached hydrogens (primary N) is 1. The van der Waals surface area contributed by atoms with E-state index in [2.05, 4.69) is 22.4 Å². The third kappa shape index (κ3) is 4.66. The maximum absolute atomic E-state index is 12.7. The second-order valence-electron chi connectivity index (χ2n) is 6.33. The highest BCUT2D eigenvalue weighted by Crippen LogP contribution is 2.14. The van der Waals surface area contributed by atoms with Crippen LogP contribution in [0.15, 0.2) is 47.8 Å². The average Bonchev–Trinajstić information content (AvgIpc) is 2.99. The van der Waals surface area contributed by atoms with Crippen molar-refractivity contribution in [3.05, 3.63) is 58.3 Å². The van der Waals surface area contributed by atoms with Gasteiger partial charge in [0.05, 0.1) is 6.04 Å². The lowest BCUT2D eigenvalue weighted by Crippen LogP contribution is -2.46. The fraction of sp³-hybridized carbons (Fsp3) is 0.421. The molecule has 0 saturated carbocycles. The fourth-order valence-corrected chi connectivity index (χ4v) is 3.91. The average molecular weight is 343 g/mol. The van der Waals surface area contributed by atoms with Gasteiger partial charge in [0, 0.05) is 37.6 Å². The molecule has 1 aliphatic heterocycles. The van der Waals surface area contributed by atoms with Crippen molar-refractivity contribution in [1.82, 2.24) is 9.80 Å². The summed E-state index contributed by atoms with van der Waals surface area (Å²) in [4.78, 5) is 18.4. The molecule has 0 spiro atoms. The molecule has 5 heteroatoms. The van der Waals surface area contributed by atoms with Crippen molar-refractivity contribution >= 4 is 17.2 Å². The number of hydrogen-bond acceptors (Lipinski definition) is 4. The molecule has 1 amide bonds. The summed E-state index contributed by atoms with van der Waals surface area (Å²) in [5.41, 5.74) is 7.29. The first-order chi connectivity index (χ1) is 11.7. The molecule has 128 valence electrons. The number of nitrogens with zero attached hydrogens (tertiary/aromatic N) is 2. The molecule has 24 heavy (non-hydrogen) atoms. The molecule has 1 fully saturated rings. The summed E-state index contributed by atoms with van der Waals surface area (Å²) in [5.74, 6) is 0.0804. The van der Waals surface area contributed by atoms with E-state index < -0.39 is 6.04 Å². The summed E-state index contributed by atoms with van der Waals surface area (Å²) in [6.45, 7) is 4.52. The van der Waals surface area contributed by atoms with E-state index in [0.29, 0.717) is 6.42 Å². The largest absolute Gasteiger partial charge is 0.340 e. The standard InChI is InChI=1S/C19H25N3OS/c20-18(14-16-6-2-1-3-7-16)19(23)22-10-5-9-21(11-12-22)15-17-8-4-13-24-17/h1-4,6-8,13,18H,5,9-12,14-15,20H2/t18-/m1/s1. The van der Waals surface area contributed by atoms with Gasteiger partial charge in [-0.3, -0.25) is 9.69 Å². The molecule has 2 heterocycles. The van der Waals surface area contributed by atoms with Crippen molar-refractivity contribution in [2.75, 3.05) is 26.2 Å². The van der Waals surface area contributed by atoms with Crippen LogP contribution in [0.4, 0.5) is 0 Å². The molecule has 0 unspecified atom stereocenters. The van der Waals surface area contributed by atoms with Crippen LogP contribution < -0.4 is 5.73 Å². The summed E-state index contributed by atoms with van der Waals surface area (Å²) >= 11 is 1.79. The highest BCUT2D eigenvalue weighted by atomic mass is 32.1. The summed E-state index contributed by atoms with van der Waals surface area (Å²) in [7, 11) is 0. The predicted octanol–water partition coefficient (Wildman–Crippen LogP) is 2.35. The van der Waals surface area contributed by atoms with Gasteiger partial charge in [0.2, 0.25) is 5.91 Å². The summed E-state index contributed by atoms with van der Waals surface area (Å²) < 4.78 is 0. The molecule has 2 N–H and O–H groups in total. The van der Waals surface area contributed by atoms with Gasteiger partial charge in [-0.1, -0.05) is 36.4 Å². The van der Waals surface area contributed by atoms with Crippen LogP contribution in [0.3, 0.4) is 0 Å². The SMILES string of the molecule is N[C@H](Cc1ccccc1)C(=O)N1CCCN(Cc2cccs2)CC1. The lowest BCUT2D eigenvalue weighted by Gasteiger charge is -2.24. The molecule has 3 rings (SSSR count). The Hall–Kier alpha value is -1.69. The Balaban J connectivity index is 1.52. The van der Waals surface area contributed by atoms with Crippen LogP contribution in [0.25, 0.3) is 0 Å². The van der Waals surface area contributed by atoms with Gasteiger partial charge in [-0.15, -0.1) is 11.3 Å². The molecule has 0 aliphatic carbocycles. The lowest BCUT2D eigenvalue weighted by atomic mass is 10.1. The molecule has 4 nitrogen and oxygen atoms in total. The van der Waals surface area contributed by atoms with Crippen LogP contribution in [-0.2, 0) is 17.8 Å². The normalized spacial score (nSPS) is 17.5. The van der Waals surface area contributed by atoms with Crippen LogP contribution in [0.1, 0.15) is 16.9 Å². The van der Waals surface area contributed by atoms with E-state index in [0.717, 1.165) is 44.7 Å². The van der Waals surface area contributed by atoms with Gasteiger partial charge in [0.1, 0.15) is 0 Å². The van der Waals surface area contributed by atoms with Gasteiger partial charge < -0.3 is 10.6 Å². The van der Waals surface area contributed by atoms with Gasteiger partial charge in [0.25, 0.3) is 0 Å². The van der Waals surface area contributed by atoms with E-state index in [1.54, 1.807) is 11.3 Å². The van der Waals surface area contributed by atoms with E-state index in [4.69, 9.17) is 5.73 Å². The number of hydrogen-bond donors (Lipinski definition) is 1. The second kappa shape index (κ2) is 8.42. The number of carbonyl (C=O) groups is 1. The molecule has 0 bridgehead atoms. The second-order valence-corrected chi connectivity index (χ2v) is 7.36. The number of thiophene rings is 1. The number of benzene rings is 1. The first-order valence-electron chi connectivity index (χ1n) is 8.55. The third-order valence-electron chi connectivity index (χ3n) is 4.48. The smallest absolute Gasteiger partial charge is 0.239 e. The Bertz CT molecular complexity index is 629. The molecule has 1 aliphatic rings. The Labute approximate surface area is 147 Å². The monoisotopic (exact) mass is 343 g/mol. The summed E-state index contributed by atoms with van der Waals surface area (Å²) in [5, 5.41) is 2.12. The van der Waals surface area contributed by atoms with Crippen LogP contribution in [0.2, 0.25) is 0 Å². The third-order valence-corrected chi connectivity index (χ3v) is 5.34.